The van der Waals surface area contributed by atoms with Gasteiger partial charge in [0.25, 0.3) is 5.91 Å². The molecule has 1 N–H and O–H groups in total. The average Bonchev–Trinajstić information content (AvgIpc) is 2.18. The van der Waals surface area contributed by atoms with E-state index in [-0.39, 0.29) is 0 Å². The van der Waals surface area contributed by atoms with Crippen molar-refractivity contribution in [3.63, 3.8) is 0 Å². The molecule has 5 heteroatoms. The standard InChI is InChI=1S/C8H6Cl3NO/c9-8(10,7(13)12-11)6-4-2-1-3-5-6/h1-5H,(H,12,13). The molecule has 0 aromatic heterocycles. The molecular formula is C8H6Cl3NO. The van der Waals surface area contributed by atoms with Crippen molar-refractivity contribution in [2.75, 3.05) is 0 Å². The molecule has 0 saturated heterocycles. The Labute approximate surface area is 90.9 Å². The van der Waals surface area contributed by atoms with Gasteiger partial charge in [0.1, 0.15) is 0 Å². The van der Waals surface area contributed by atoms with E-state index in [1.54, 1.807) is 30.3 Å². The first kappa shape index (κ1) is 10.6. The molecular weight excluding hydrogens is 232 g/mol. The summed E-state index contributed by atoms with van der Waals surface area (Å²) in [7, 11) is 0. The maximum absolute atomic E-state index is 11.1. The van der Waals surface area contributed by atoms with Crippen LogP contribution >= 0.6 is 35.0 Å². The van der Waals surface area contributed by atoms with Crippen molar-refractivity contribution in [2.45, 2.75) is 4.33 Å². The Bertz CT molecular complexity index is 300. The van der Waals surface area contributed by atoms with Gasteiger partial charge in [-0.15, -0.1) is 0 Å². The van der Waals surface area contributed by atoms with Crippen LogP contribution in [-0.4, -0.2) is 5.91 Å². The van der Waals surface area contributed by atoms with Crippen molar-refractivity contribution in [1.82, 2.24) is 4.84 Å². The van der Waals surface area contributed by atoms with Gasteiger partial charge in [-0.1, -0.05) is 53.5 Å². The van der Waals surface area contributed by atoms with Crippen molar-refractivity contribution >= 4 is 40.9 Å². The number of carbonyl (C=O) groups excluding carboxylic acids is 1. The van der Waals surface area contributed by atoms with E-state index in [0.717, 1.165) is 0 Å². The molecule has 1 aromatic rings. The van der Waals surface area contributed by atoms with Crippen LogP contribution < -0.4 is 4.84 Å². The molecule has 13 heavy (non-hydrogen) atoms. The Morgan fingerprint density at radius 2 is 1.77 bits per heavy atom. The summed E-state index contributed by atoms with van der Waals surface area (Å²) >= 11 is 16.7. The summed E-state index contributed by atoms with van der Waals surface area (Å²) in [5.74, 6) is -0.663. The first-order valence-corrected chi connectivity index (χ1v) is 4.57. The summed E-state index contributed by atoms with van der Waals surface area (Å²) in [5.41, 5.74) is 0.483. The molecule has 1 aromatic carbocycles. The van der Waals surface area contributed by atoms with Gasteiger partial charge in [0.15, 0.2) is 0 Å². The van der Waals surface area contributed by atoms with Crippen molar-refractivity contribution in [2.24, 2.45) is 0 Å². The zero-order valence-corrected chi connectivity index (χ0v) is 8.70. The lowest BCUT2D eigenvalue weighted by atomic mass is 10.1. The predicted octanol–water partition coefficient (Wildman–Crippen LogP) is 2.59. The predicted molar refractivity (Wildman–Crippen MR) is 53.8 cm³/mol. The molecule has 0 unspecified atom stereocenters. The first-order valence-electron chi connectivity index (χ1n) is 3.43. The number of hydrogen-bond acceptors (Lipinski definition) is 1. The number of nitrogens with one attached hydrogen (secondary N) is 1. The summed E-state index contributed by atoms with van der Waals surface area (Å²) in [6.45, 7) is 0. The quantitative estimate of drug-likeness (QED) is 0.623. The van der Waals surface area contributed by atoms with Gasteiger partial charge in [0.05, 0.1) is 0 Å². The molecule has 0 saturated carbocycles. The maximum atomic E-state index is 11.1. The summed E-state index contributed by atoms with van der Waals surface area (Å²) < 4.78 is -1.64. The van der Waals surface area contributed by atoms with Gasteiger partial charge in [0.2, 0.25) is 4.33 Å². The van der Waals surface area contributed by atoms with Crippen LogP contribution in [0.3, 0.4) is 0 Å². The number of amides is 1. The highest BCUT2D eigenvalue weighted by Gasteiger charge is 2.35. The minimum atomic E-state index is -1.64. The molecule has 0 radical (unpaired) electrons. The molecule has 0 spiro atoms. The second-order valence-electron chi connectivity index (χ2n) is 2.36. The molecule has 0 aliphatic rings. The minimum Gasteiger partial charge on any atom is -0.270 e. The third-order valence-electron chi connectivity index (χ3n) is 1.51. The summed E-state index contributed by atoms with van der Waals surface area (Å²) in [4.78, 5) is 13.0. The number of alkyl halides is 2. The topological polar surface area (TPSA) is 29.1 Å². The van der Waals surface area contributed by atoms with Crippen molar-refractivity contribution in [3.8, 4) is 0 Å². The van der Waals surface area contributed by atoms with Crippen molar-refractivity contribution in [3.05, 3.63) is 35.9 Å². The molecule has 0 fully saturated rings. The SMILES string of the molecule is O=C(NCl)C(Cl)(Cl)c1ccccc1. The smallest absolute Gasteiger partial charge is 0.270 e. The second-order valence-corrected chi connectivity index (χ2v) is 3.88. The van der Waals surface area contributed by atoms with Crippen molar-refractivity contribution < 1.29 is 4.79 Å². The van der Waals surface area contributed by atoms with Crippen LogP contribution in [0.5, 0.6) is 0 Å². The lowest BCUT2D eigenvalue weighted by Crippen LogP contribution is -2.31. The summed E-state index contributed by atoms with van der Waals surface area (Å²) in [6.07, 6.45) is 0. The van der Waals surface area contributed by atoms with Gasteiger partial charge < -0.3 is 0 Å². The minimum absolute atomic E-state index is 0.483. The first-order chi connectivity index (χ1) is 6.09. The Kier molecular flexibility index (Phi) is 3.42. The third-order valence-corrected chi connectivity index (χ3v) is 2.46. The Morgan fingerprint density at radius 3 is 2.23 bits per heavy atom. The average molecular weight is 239 g/mol. The monoisotopic (exact) mass is 237 g/mol. The normalized spacial score (nSPS) is 11.0. The van der Waals surface area contributed by atoms with Crippen LogP contribution in [0, 0.1) is 0 Å². The summed E-state index contributed by atoms with van der Waals surface area (Å²) in [5, 5.41) is 0. The lowest BCUT2D eigenvalue weighted by molar-refractivity contribution is -0.120. The summed E-state index contributed by atoms with van der Waals surface area (Å²) in [6, 6.07) is 8.55. The fraction of sp³-hybridized carbons (Fsp3) is 0.125. The fourth-order valence-corrected chi connectivity index (χ4v) is 1.42. The number of halogens is 3. The highest BCUT2D eigenvalue weighted by atomic mass is 35.5. The molecule has 70 valence electrons. The van der Waals surface area contributed by atoms with Gasteiger partial charge in [-0.3, -0.25) is 9.63 Å². The van der Waals surface area contributed by atoms with Crippen LogP contribution in [-0.2, 0) is 9.13 Å². The molecule has 0 heterocycles. The van der Waals surface area contributed by atoms with Crippen molar-refractivity contribution in [1.29, 1.82) is 0 Å². The lowest BCUT2D eigenvalue weighted by Gasteiger charge is -2.16. The van der Waals surface area contributed by atoms with Gasteiger partial charge in [-0.25, -0.2) is 0 Å². The molecule has 2 nitrogen and oxygen atoms in total. The van der Waals surface area contributed by atoms with E-state index in [2.05, 4.69) is 0 Å². The third kappa shape index (κ3) is 2.27. The van der Waals surface area contributed by atoms with Gasteiger partial charge in [-0.2, -0.15) is 0 Å². The maximum Gasteiger partial charge on any atom is 0.275 e. The van der Waals surface area contributed by atoms with E-state index in [1.807, 2.05) is 4.84 Å². The molecule has 1 rings (SSSR count). The molecule has 0 aliphatic heterocycles. The number of hydrogen-bond donors (Lipinski definition) is 1. The molecule has 1 amide bonds. The van der Waals surface area contributed by atoms with E-state index >= 15 is 0 Å². The number of benzene rings is 1. The Morgan fingerprint density at radius 1 is 1.23 bits per heavy atom. The van der Waals surface area contributed by atoms with E-state index in [9.17, 15) is 4.79 Å². The zero-order chi connectivity index (χ0) is 9.90. The van der Waals surface area contributed by atoms with Crippen LogP contribution in [0.25, 0.3) is 0 Å². The van der Waals surface area contributed by atoms with E-state index in [4.69, 9.17) is 35.0 Å². The number of rotatable bonds is 2. The largest absolute Gasteiger partial charge is 0.275 e. The van der Waals surface area contributed by atoms with Crippen LogP contribution in [0.2, 0.25) is 0 Å². The second kappa shape index (κ2) is 4.18. The molecule has 0 atom stereocenters. The highest BCUT2D eigenvalue weighted by Crippen LogP contribution is 2.33. The van der Waals surface area contributed by atoms with Crippen LogP contribution in [0.15, 0.2) is 30.3 Å². The van der Waals surface area contributed by atoms with Crippen LogP contribution in [0.1, 0.15) is 5.56 Å². The van der Waals surface area contributed by atoms with Gasteiger partial charge in [0, 0.05) is 11.8 Å². The zero-order valence-electron chi connectivity index (χ0n) is 6.43. The molecule has 0 bridgehead atoms. The fourth-order valence-electron chi connectivity index (χ4n) is 0.838. The molecule has 0 aliphatic carbocycles. The van der Waals surface area contributed by atoms with E-state index < -0.39 is 10.2 Å². The van der Waals surface area contributed by atoms with Gasteiger partial charge in [-0.05, 0) is 5.56 Å². The van der Waals surface area contributed by atoms with Gasteiger partial charge >= 0.3 is 0 Å². The highest BCUT2D eigenvalue weighted by molar-refractivity contribution is 6.58. The Balaban J connectivity index is 3.00. The Hall–Kier alpha value is -0.440. The van der Waals surface area contributed by atoms with E-state index in [1.165, 1.54) is 0 Å². The van der Waals surface area contributed by atoms with E-state index in [0.29, 0.717) is 5.56 Å². The van der Waals surface area contributed by atoms with Crippen LogP contribution in [0.4, 0.5) is 0 Å². The number of carbonyl (C=O) groups is 1.